The van der Waals surface area contributed by atoms with Crippen LogP contribution in [0.5, 0.6) is 11.6 Å². The van der Waals surface area contributed by atoms with Crippen LogP contribution in [0.3, 0.4) is 0 Å². The SMILES string of the molecule is COCCOCCOCCOCCOCCOCCOCCOCCCOc1nn([C@H]2CC[C@H](N3CCOCC3)CC2)cc1Nc1ncc(-c2ccc(Cl)c(O[C@@H](C)Cn3cncn3)c2)cn1. The molecule has 3 aromatic heterocycles. The molecule has 67 heavy (non-hydrogen) atoms. The molecule has 372 valence electrons. The lowest BCUT2D eigenvalue weighted by molar-refractivity contribution is -0.0223. The number of benzene rings is 1. The van der Waals surface area contributed by atoms with Gasteiger partial charge in [0.15, 0.2) is 0 Å². The summed E-state index contributed by atoms with van der Waals surface area (Å²) in [6.07, 6.45) is 13.5. The number of nitrogens with one attached hydrogen (secondary N) is 1. The summed E-state index contributed by atoms with van der Waals surface area (Å²) in [5.41, 5.74) is 2.39. The molecular formula is C46H70ClN9O11. The Kier molecular flexibility index (Phi) is 24.3. The number of nitrogens with zero attached hydrogens (tertiary/aromatic N) is 8. The van der Waals surface area contributed by atoms with Crippen molar-refractivity contribution in [2.45, 2.75) is 63.8 Å². The van der Waals surface area contributed by atoms with E-state index in [2.05, 4.69) is 30.3 Å². The Hall–Kier alpha value is -4.06. The molecule has 4 heterocycles. The standard InChI is InChI=1S/C46H70ClN9O11/c1-37(33-55-36-48-35-51-55)67-44-30-38(4-9-42(44)47)39-31-49-46(50-32-39)52-43-34-56(41-7-5-40(6-8-41)54-10-14-59-15-11-54)53-45(43)66-13-3-12-58-18-19-61-22-23-63-26-27-65-29-28-64-25-24-62-21-20-60-17-16-57-2/h4,9,30-32,34-37,40-41H,3,5-8,10-29,33H2,1-2H3,(H,49,50,52)/t37-,40-,41-/m0/s1. The molecule has 0 spiro atoms. The maximum atomic E-state index is 6.52. The van der Waals surface area contributed by atoms with Crippen molar-refractivity contribution < 1.29 is 52.1 Å². The van der Waals surface area contributed by atoms with Crippen molar-refractivity contribution >= 4 is 23.2 Å². The van der Waals surface area contributed by atoms with E-state index in [-0.39, 0.29) is 12.1 Å². The highest BCUT2D eigenvalue weighted by Crippen LogP contribution is 2.35. The number of hydrogen-bond acceptors (Lipinski definition) is 18. The van der Waals surface area contributed by atoms with Crippen LogP contribution in [0.1, 0.15) is 45.1 Å². The maximum Gasteiger partial charge on any atom is 0.256 e. The fourth-order valence-electron chi connectivity index (χ4n) is 7.56. The van der Waals surface area contributed by atoms with Crippen molar-refractivity contribution in [1.82, 2.24) is 39.4 Å². The van der Waals surface area contributed by atoms with E-state index in [4.69, 9.17) is 68.8 Å². The minimum Gasteiger partial charge on any atom is -0.487 e. The molecular weight excluding hydrogens is 890 g/mol. The molecule has 20 nitrogen and oxygen atoms in total. The number of hydrogen-bond donors (Lipinski definition) is 1. The van der Waals surface area contributed by atoms with E-state index in [0.717, 1.165) is 63.1 Å². The van der Waals surface area contributed by atoms with Gasteiger partial charge in [-0.1, -0.05) is 17.7 Å². The molecule has 4 aromatic rings. The van der Waals surface area contributed by atoms with Gasteiger partial charge in [-0.2, -0.15) is 5.10 Å². The summed E-state index contributed by atoms with van der Waals surface area (Å²) in [6.45, 7) is 14.3. The van der Waals surface area contributed by atoms with Crippen molar-refractivity contribution in [2.24, 2.45) is 0 Å². The lowest BCUT2D eigenvalue weighted by Gasteiger charge is -2.38. The molecule has 0 unspecified atom stereocenters. The van der Waals surface area contributed by atoms with Crippen LogP contribution < -0.4 is 14.8 Å². The van der Waals surface area contributed by atoms with Gasteiger partial charge < -0.3 is 57.4 Å². The van der Waals surface area contributed by atoms with Gasteiger partial charge in [-0.25, -0.2) is 19.6 Å². The third-order valence-corrected chi connectivity index (χ3v) is 11.4. The molecule has 0 radical (unpaired) electrons. The molecule has 2 aliphatic rings. The lowest BCUT2D eigenvalue weighted by Crippen LogP contribution is -2.45. The molecule has 1 aliphatic heterocycles. The van der Waals surface area contributed by atoms with E-state index in [0.29, 0.717) is 153 Å². The van der Waals surface area contributed by atoms with E-state index in [1.165, 1.54) is 6.33 Å². The van der Waals surface area contributed by atoms with Gasteiger partial charge in [0.1, 0.15) is 30.2 Å². The van der Waals surface area contributed by atoms with Crippen LogP contribution in [0, 0.1) is 0 Å². The Balaban J connectivity index is 0.872. The van der Waals surface area contributed by atoms with Crippen LogP contribution in [0.2, 0.25) is 5.02 Å². The van der Waals surface area contributed by atoms with Crippen LogP contribution in [0.4, 0.5) is 11.6 Å². The Morgan fingerprint density at radius 3 is 1.90 bits per heavy atom. The quantitative estimate of drug-likeness (QED) is 0.0596. The number of morpholine rings is 1. The first-order valence-electron chi connectivity index (χ1n) is 23.5. The number of aromatic nitrogens is 7. The minimum absolute atomic E-state index is 0.186. The van der Waals surface area contributed by atoms with E-state index < -0.39 is 0 Å². The summed E-state index contributed by atoms with van der Waals surface area (Å²) >= 11 is 6.52. The van der Waals surface area contributed by atoms with Crippen LogP contribution in [-0.4, -0.2) is 191 Å². The average Bonchev–Trinajstić information content (AvgIpc) is 4.02. The molecule has 6 rings (SSSR count). The molecule has 1 saturated carbocycles. The zero-order chi connectivity index (χ0) is 46.6. The first kappa shape index (κ1) is 52.3. The lowest BCUT2D eigenvalue weighted by atomic mass is 9.90. The first-order chi connectivity index (χ1) is 33.1. The molecule has 21 heteroatoms. The van der Waals surface area contributed by atoms with Gasteiger partial charge in [0.2, 0.25) is 5.95 Å². The van der Waals surface area contributed by atoms with Gasteiger partial charge in [0.05, 0.1) is 136 Å². The van der Waals surface area contributed by atoms with E-state index >= 15 is 0 Å². The molecule has 0 amide bonds. The van der Waals surface area contributed by atoms with Crippen molar-refractivity contribution in [2.75, 3.05) is 144 Å². The second-order valence-electron chi connectivity index (χ2n) is 16.0. The average molecular weight is 961 g/mol. The third kappa shape index (κ3) is 19.5. The van der Waals surface area contributed by atoms with Gasteiger partial charge in [-0.3, -0.25) is 9.58 Å². The molecule has 0 bridgehead atoms. The summed E-state index contributed by atoms with van der Waals surface area (Å²) < 4.78 is 65.6. The predicted molar refractivity (Wildman–Crippen MR) is 250 cm³/mol. The van der Waals surface area contributed by atoms with Crippen LogP contribution >= 0.6 is 11.6 Å². The number of methoxy groups -OCH3 is 1. The van der Waals surface area contributed by atoms with E-state index in [9.17, 15) is 0 Å². The molecule has 1 aliphatic carbocycles. The third-order valence-electron chi connectivity index (χ3n) is 11.0. The summed E-state index contributed by atoms with van der Waals surface area (Å²) in [7, 11) is 1.65. The van der Waals surface area contributed by atoms with Gasteiger partial charge in [0, 0.05) is 57.2 Å². The van der Waals surface area contributed by atoms with Crippen molar-refractivity contribution in [3.63, 3.8) is 0 Å². The summed E-state index contributed by atoms with van der Waals surface area (Å²) in [4.78, 5) is 15.9. The Labute approximate surface area is 399 Å². The fraction of sp³-hybridized carbons (Fsp3) is 0.674. The minimum atomic E-state index is -0.186. The van der Waals surface area contributed by atoms with Crippen LogP contribution in [0.15, 0.2) is 49.4 Å². The highest BCUT2D eigenvalue weighted by atomic mass is 35.5. The topological polar surface area (TPSA) is 191 Å². The summed E-state index contributed by atoms with van der Waals surface area (Å²) in [6, 6.07) is 6.48. The number of anilines is 2. The Bertz CT molecular complexity index is 1890. The summed E-state index contributed by atoms with van der Waals surface area (Å²) in [5.74, 6) is 1.49. The zero-order valence-corrected chi connectivity index (χ0v) is 39.9. The molecule has 1 N–H and O–H groups in total. The van der Waals surface area contributed by atoms with Crippen LogP contribution in [0.25, 0.3) is 11.1 Å². The van der Waals surface area contributed by atoms with E-state index in [1.807, 2.05) is 36.0 Å². The molecule has 1 saturated heterocycles. The number of rotatable bonds is 35. The van der Waals surface area contributed by atoms with Gasteiger partial charge >= 0.3 is 0 Å². The normalized spacial score (nSPS) is 17.2. The Morgan fingerprint density at radius 2 is 1.31 bits per heavy atom. The van der Waals surface area contributed by atoms with E-state index in [1.54, 1.807) is 30.5 Å². The largest absolute Gasteiger partial charge is 0.487 e. The van der Waals surface area contributed by atoms with Crippen molar-refractivity contribution in [1.29, 1.82) is 0 Å². The van der Waals surface area contributed by atoms with Crippen LogP contribution in [-0.2, 0) is 49.2 Å². The van der Waals surface area contributed by atoms with Crippen molar-refractivity contribution in [3.05, 3.63) is 54.5 Å². The number of ether oxygens (including phenoxy) is 11. The van der Waals surface area contributed by atoms with Gasteiger partial charge in [-0.15, -0.1) is 5.10 Å². The zero-order valence-electron chi connectivity index (χ0n) is 39.2. The maximum absolute atomic E-state index is 6.52. The molecule has 1 aromatic carbocycles. The second kappa shape index (κ2) is 31.1. The highest BCUT2D eigenvalue weighted by Gasteiger charge is 2.29. The first-order valence-corrected chi connectivity index (χ1v) is 23.9. The summed E-state index contributed by atoms with van der Waals surface area (Å²) in [5, 5.41) is 13.0. The highest BCUT2D eigenvalue weighted by molar-refractivity contribution is 6.32. The Morgan fingerprint density at radius 1 is 0.731 bits per heavy atom. The van der Waals surface area contributed by atoms with Gasteiger partial charge in [0.25, 0.3) is 5.88 Å². The smallest absolute Gasteiger partial charge is 0.256 e. The van der Waals surface area contributed by atoms with Crippen molar-refractivity contribution in [3.8, 4) is 22.8 Å². The predicted octanol–water partition coefficient (Wildman–Crippen LogP) is 5.14. The molecule has 1 atom stereocenters. The molecule has 2 fully saturated rings. The fourth-order valence-corrected chi connectivity index (χ4v) is 7.72. The van der Waals surface area contributed by atoms with Gasteiger partial charge in [-0.05, 0) is 50.3 Å². The number of halogens is 1. The monoisotopic (exact) mass is 959 g/mol. The second-order valence-corrected chi connectivity index (χ2v) is 16.4.